The Balaban J connectivity index is 1.74. The van der Waals surface area contributed by atoms with E-state index in [0.29, 0.717) is 6.54 Å². The van der Waals surface area contributed by atoms with Crippen LogP contribution in [0.15, 0.2) is 42.7 Å². The Hall–Kier alpha value is -2.10. The van der Waals surface area contributed by atoms with Crippen molar-refractivity contribution < 1.29 is 4.79 Å². The summed E-state index contributed by atoms with van der Waals surface area (Å²) in [7, 11) is 1.89. The molecule has 0 bridgehead atoms. The Bertz CT molecular complexity index is 577. The number of benzene rings is 1. The fourth-order valence-corrected chi connectivity index (χ4v) is 2.75. The lowest BCUT2D eigenvalue weighted by Crippen LogP contribution is -2.33. The maximum atomic E-state index is 12.3. The van der Waals surface area contributed by atoms with Gasteiger partial charge in [0.05, 0.1) is 6.04 Å². The third-order valence-corrected chi connectivity index (χ3v) is 3.82. The molecular weight excluding hydrogens is 238 g/mol. The summed E-state index contributed by atoms with van der Waals surface area (Å²) < 4.78 is 1.67. The van der Waals surface area contributed by atoms with Gasteiger partial charge in [-0.15, -0.1) is 0 Å². The number of nitrogens with zero attached hydrogens (tertiary/aromatic N) is 3. The Morgan fingerprint density at radius 3 is 3.05 bits per heavy atom. The molecule has 1 aliphatic carbocycles. The van der Waals surface area contributed by atoms with E-state index in [1.165, 1.54) is 11.1 Å². The zero-order valence-electron chi connectivity index (χ0n) is 11.0. The lowest BCUT2D eigenvalue weighted by atomic mass is 10.1. The van der Waals surface area contributed by atoms with Gasteiger partial charge in [0.15, 0.2) is 0 Å². The van der Waals surface area contributed by atoms with Crippen LogP contribution in [0.1, 0.15) is 23.6 Å². The second-order valence-corrected chi connectivity index (χ2v) is 4.96. The summed E-state index contributed by atoms with van der Waals surface area (Å²) in [6, 6.07) is 10.4. The molecule has 1 amide bonds. The normalized spacial score (nSPS) is 17.2. The average Bonchev–Trinajstić information content (AvgIpc) is 3.06. The Kier molecular flexibility index (Phi) is 3.07. The van der Waals surface area contributed by atoms with Gasteiger partial charge >= 0.3 is 0 Å². The van der Waals surface area contributed by atoms with Crippen LogP contribution in [-0.2, 0) is 17.8 Å². The van der Waals surface area contributed by atoms with Crippen LogP contribution in [0.4, 0.5) is 0 Å². The molecule has 1 atom stereocenters. The van der Waals surface area contributed by atoms with E-state index in [0.717, 1.165) is 12.8 Å². The van der Waals surface area contributed by atoms with E-state index in [2.05, 4.69) is 23.3 Å². The second-order valence-electron chi connectivity index (χ2n) is 4.96. The molecule has 0 radical (unpaired) electrons. The molecule has 1 aliphatic rings. The van der Waals surface area contributed by atoms with Crippen LogP contribution in [0.25, 0.3) is 0 Å². The highest BCUT2D eigenvalue weighted by molar-refractivity contribution is 5.76. The maximum Gasteiger partial charge on any atom is 0.244 e. The molecule has 3 rings (SSSR count). The Morgan fingerprint density at radius 2 is 2.26 bits per heavy atom. The van der Waals surface area contributed by atoms with Gasteiger partial charge in [-0.25, -0.2) is 0 Å². The number of carbonyl (C=O) groups is 1. The number of hydrogen-bond acceptors (Lipinski definition) is 2. The van der Waals surface area contributed by atoms with Gasteiger partial charge in [-0.3, -0.25) is 9.48 Å². The van der Waals surface area contributed by atoms with E-state index in [-0.39, 0.29) is 11.9 Å². The van der Waals surface area contributed by atoms with Crippen molar-refractivity contribution in [2.75, 3.05) is 7.05 Å². The first-order valence-corrected chi connectivity index (χ1v) is 6.56. The summed E-state index contributed by atoms with van der Waals surface area (Å²) in [5, 5.41) is 4.08. The third kappa shape index (κ3) is 2.26. The molecule has 0 saturated carbocycles. The van der Waals surface area contributed by atoms with E-state index < -0.39 is 0 Å². The van der Waals surface area contributed by atoms with Crippen molar-refractivity contribution >= 4 is 5.91 Å². The molecule has 4 heteroatoms. The van der Waals surface area contributed by atoms with Crippen LogP contribution >= 0.6 is 0 Å². The van der Waals surface area contributed by atoms with E-state index in [4.69, 9.17) is 0 Å². The van der Waals surface area contributed by atoms with Crippen molar-refractivity contribution in [2.24, 2.45) is 0 Å². The zero-order chi connectivity index (χ0) is 13.2. The van der Waals surface area contributed by atoms with E-state index in [1.807, 2.05) is 30.3 Å². The van der Waals surface area contributed by atoms with Crippen molar-refractivity contribution in [3.8, 4) is 0 Å². The molecular formula is C15H17N3O. The minimum atomic E-state index is 0.102. The fourth-order valence-electron chi connectivity index (χ4n) is 2.75. The summed E-state index contributed by atoms with van der Waals surface area (Å²) in [4.78, 5) is 14.1. The van der Waals surface area contributed by atoms with Crippen molar-refractivity contribution in [2.45, 2.75) is 25.4 Å². The van der Waals surface area contributed by atoms with Gasteiger partial charge in [-0.05, 0) is 30.0 Å². The van der Waals surface area contributed by atoms with Crippen LogP contribution in [0.3, 0.4) is 0 Å². The number of hydrogen-bond donors (Lipinski definition) is 0. The quantitative estimate of drug-likeness (QED) is 0.841. The summed E-state index contributed by atoms with van der Waals surface area (Å²) in [6.45, 7) is 0.308. The number of aryl methyl sites for hydroxylation is 1. The average molecular weight is 255 g/mol. The van der Waals surface area contributed by atoms with E-state index in [1.54, 1.807) is 10.9 Å². The maximum absolute atomic E-state index is 12.3. The van der Waals surface area contributed by atoms with Crippen LogP contribution in [0, 0.1) is 0 Å². The molecule has 0 fully saturated rings. The largest absolute Gasteiger partial charge is 0.337 e. The Labute approximate surface area is 112 Å². The van der Waals surface area contributed by atoms with Gasteiger partial charge in [0.2, 0.25) is 5.91 Å². The van der Waals surface area contributed by atoms with Crippen molar-refractivity contribution in [3.63, 3.8) is 0 Å². The number of rotatable bonds is 3. The standard InChI is InChI=1S/C15H17N3O/c1-17(15(19)11-18-10-4-9-16-18)14-8-7-12-5-2-3-6-13(12)14/h2-6,9-10,14H,7-8,11H2,1H3. The highest BCUT2D eigenvalue weighted by Gasteiger charge is 2.28. The van der Waals surface area contributed by atoms with Crippen LogP contribution in [0.5, 0.6) is 0 Å². The number of aromatic nitrogens is 2. The minimum absolute atomic E-state index is 0.102. The highest BCUT2D eigenvalue weighted by Crippen LogP contribution is 2.34. The van der Waals surface area contributed by atoms with Gasteiger partial charge in [-0.1, -0.05) is 24.3 Å². The van der Waals surface area contributed by atoms with Gasteiger partial charge in [0.25, 0.3) is 0 Å². The van der Waals surface area contributed by atoms with Crippen molar-refractivity contribution in [1.29, 1.82) is 0 Å². The molecule has 1 aromatic carbocycles. The monoisotopic (exact) mass is 255 g/mol. The second kappa shape index (κ2) is 4.88. The van der Waals surface area contributed by atoms with Gasteiger partial charge in [0.1, 0.15) is 6.54 Å². The van der Waals surface area contributed by atoms with E-state index >= 15 is 0 Å². The first-order chi connectivity index (χ1) is 9.25. The van der Waals surface area contributed by atoms with Crippen LogP contribution in [-0.4, -0.2) is 27.6 Å². The lowest BCUT2D eigenvalue weighted by Gasteiger charge is -2.25. The van der Waals surface area contributed by atoms with Gasteiger partial charge in [-0.2, -0.15) is 5.10 Å². The summed E-state index contributed by atoms with van der Waals surface area (Å²) in [5.74, 6) is 0.102. The van der Waals surface area contributed by atoms with Crippen LogP contribution in [0.2, 0.25) is 0 Å². The molecule has 0 spiro atoms. The number of likely N-dealkylation sites (N-methyl/N-ethyl adjacent to an activating group) is 1. The van der Waals surface area contributed by atoms with Gasteiger partial charge < -0.3 is 4.90 Å². The molecule has 1 aromatic heterocycles. The number of carbonyl (C=O) groups excluding carboxylic acids is 1. The molecule has 98 valence electrons. The summed E-state index contributed by atoms with van der Waals surface area (Å²) in [6.07, 6.45) is 5.58. The predicted molar refractivity (Wildman–Crippen MR) is 72.5 cm³/mol. The third-order valence-electron chi connectivity index (χ3n) is 3.82. The van der Waals surface area contributed by atoms with Gasteiger partial charge in [0, 0.05) is 19.4 Å². The molecule has 2 aromatic rings. The highest BCUT2D eigenvalue weighted by atomic mass is 16.2. The summed E-state index contributed by atoms with van der Waals surface area (Å²) >= 11 is 0. The molecule has 0 N–H and O–H groups in total. The smallest absolute Gasteiger partial charge is 0.244 e. The lowest BCUT2D eigenvalue weighted by molar-refractivity contribution is -0.132. The first kappa shape index (κ1) is 12.0. The Morgan fingerprint density at radius 1 is 1.42 bits per heavy atom. The first-order valence-electron chi connectivity index (χ1n) is 6.56. The minimum Gasteiger partial charge on any atom is -0.337 e. The van der Waals surface area contributed by atoms with Crippen molar-refractivity contribution in [3.05, 3.63) is 53.9 Å². The molecule has 0 saturated heterocycles. The molecule has 1 heterocycles. The van der Waals surface area contributed by atoms with Crippen molar-refractivity contribution in [1.82, 2.24) is 14.7 Å². The topological polar surface area (TPSA) is 38.1 Å². The molecule has 1 unspecified atom stereocenters. The van der Waals surface area contributed by atoms with Crippen LogP contribution < -0.4 is 0 Å². The molecule has 19 heavy (non-hydrogen) atoms. The number of amides is 1. The van der Waals surface area contributed by atoms with E-state index in [9.17, 15) is 4.79 Å². The predicted octanol–water partition coefficient (Wildman–Crippen LogP) is 2.03. The molecule has 0 aliphatic heterocycles. The summed E-state index contributed by atoms with van der Waals surface area (Å²) in [5.41, 5.74) is 2.66. The molecule has 4 nitrogen and oxygen atoms in total. The SMILES string of the molecule is CN(C(=O)Cn1cccn1)C1CCc2ccccc21. The number of fused-ring (bicyclic) bond motifs is 1. The fraction of sp³-hybridized carbons (Fsp3) is 0.333. The zero-order valence-corrected chi connectivity index (χ0v) is 11.0.